The molecule has 0 aromatic heterocycles. The summed E-state index contributed by atoms with van der Waals surface area (Å²) in [7, 11) is -3.72. The molecule has 0 saturated heterocycles. The second-order valence-corrected chi connectivity index (χ2v) is 5.55. The standard InChI is InChI=1S/C11H16N2O5S/c14-8-9(15)6-12-11(16)7-13-19(17,18)10-4-2-1-3-5-10/h1-5,9,13-15H,6-8H2,(H,12,16). The highest BCUT2D eigenvalue weighted by molar-refractivity contribution is 7.89. The van der Waals surface area contributed by atoms with Crippen molar-refractivity contribution < 1.29 is 23.4 Å². The smallest absolute Gasteiger partial charge is 0.241 e. The minimum Gasteiger partial charge on any atom is -0.394 e. The Labute approximate surface area is 111 Å². The Morgan fingerprint density at radius 3 is 2.47 bits per heavy atom. The van der Waals surface area contributed by atoms with Crippen molar-refractivity contribution in [3.8, 4) is 0 Å². The first-order valence-electron chi connectivity index (χ1n) is 5.56. The van der Waals surface area contributed by atoms with E-state index in [1.165, 1.54) is 12.1 Å². The third-order valence-electron chi connectivity index (χ3n) is 2.22. The lowest BCUT2D eigenvalue weighted by atomic mass is 10.4. The van der Waals surface area contributed by atoms with Crippen LogP contribution in [-0.2, 0) is 14.8 Å². The lowest BCUT2D eigenvalue weighted by Gasteiger charge is -2.10. The molecule has 0 radical (unpaired) electrons. The number of aliphatic hydroxyl groups is 2. The second kappa shape index (κ2) is 7.19. The van der Waals surface area contributed by atoms with Gasteiger partial charge in [-0.25, -0.2) is 13.1 Å². The normalized spacial score (nSPS) is 12.9. The lowest BCUT2D eigenvalue weighted by molar-refractivity contribution is -0.120. The molecule has 0 aliphatic carbocycles. The number of nitrogens with one attached hydrogen (secondary N) is 2. The fraction of sp³-hybridized carbons (Fsp3) is 0.364. The van der Waals surface area contributed by atoms with Gasteiger partial charge in [-0.2, -0.15) is 0 Å². The van der Waals surface area contributed by atoms with Crippen LogP contribution < -0.4 is 10.0 Å². The fourth-order valence-corrected chi connectivity index (χ4v) is 2.21. The Balaban J connectivity index is 2.46. The average molecular weight is 288 g/mol. The Morgan fingerprint density at radius 1 is 1.26 bits per heavy atom. The molecule has 0 saturated carbocycles. The van der Waals surface area contributed by atoms with E-state index in [2.05, 4.69) is 10.0 Å². The topological polar surface area (TPSA) is 116 Å². The largest absolute Gasteiger partial charge is 0.394 e. The maximum absolute atomic E-state index is 11.8. The Morgan fingerprint density at radius 2 is 1.89 bits per heavy atom. The van der Waals surface area contributed by atoms with Crippen LogP contribution in [0.4, 0.5) is 0 Å². The Bertz CT molecular complexity index is 503. The third kappa shape index (κ3) is 5.35. The fourth-order valence-electron chi connectivity index (χ4n) is 1.20. The van der Waals surface area contributed by atoms with Crippen LogP contribution in [0.1, 0.15) is 0 Å². The van der Waals surface area contributed by atoms with Gasteiger partial charge in [-0.3, -0.25) is 4.79 Å². The van der Waals surface area contributed by atoms with Crippen molar-refractivity contribution in [2.45, 2.75) is 11.0 Å². The zero-order valence-electron chi connectivity index (χ0n) is 10.1. The van der Waals surface area contributed by atoms with Crippen LogP contribution in [0.5, 0.6) is 0 Å². The first kappa shape index (κ1) is 15.6. The van der Waals surface area contributed by atoms with Gasteiger partial charge in [-0.1, -0.05) is 18.2 Å². The molecule has 0 bridgehead atoms. The first-order chi connectivity index (χ1) is 8.95. The van der Waals surface area contributed by atoms with Crippen LogP contribution in [0.3, 0.4) is 0 Å². The summed E-state index contributed by atoms with van der Waals surface area (Å²) >= 11 is 0. The van der Waals surface area contributed by atoms with E-state index in [0.717, 1.165) is 0 Å². The number of rotatable bonds is 7. The molecule has 19 heavy (non-hydrogen) atoms. The predicted octanol–water partition coefficient (Wildman–Crippen LogP) is -1.57. The van der Waals surface area contributed by atoms with E-state index in [1.54, 1.807) is 18.2 Å². The molecule has 1 amide bonds. The number of carbonyl (C=O) groups excluding carboxylic acids is 1. The van der Waals surface area contributed by atoms with Crippen LogP contribution >= 0.6 is 0 Å². The van der Waals surface area contributed by atoms with Gasteiger partial charge < -0.3 is 15.5 Å². The van der Waals surface area contributed by atoms with Crippen molar-refractivity contribution in [1.82, 2.24) is 10.0 Å². The van der Waals surface area contributed by atoms with E-state index in [1.807, 2.05) is 0 Å². The number of carbonyl (C=O) groups is 1. The van der Waals surface area contributed by atoms with Gasteiger partial charge in [0, 0.05) is 6.54 Å². The molecule has 106 valence electrons. The molecule has 0 heterocycles. The maximum atomic E-state index is 11.8. The van der Waals surface area contributed by atoms with E-state index >= 15 is 0 Å². The third-order valence-corrected chi connectivity index (χ3v) is 3.64. The summed E-state index contributed by atoms with van der Waals surface area (Å²) < 4.78 is 25.6. The van der Waals surface area contributed by atoms with Crippen molar-refractivity contribution in [3.63, 3.8) is 0 Å². The molecule has 7 nitrogen and oxygen atoms in total. The quantitative estimate of drug-likeness (QED) is 0.484. The first-order valence-corrected chi connectivity index (χ1v) is 7.04. The van der Waals surface area contributed by atoms with Crippen LogP contribution in [-0.4, -0.2) is 50.3 Å². The zero-order valence-corrected chi connectivity index (χ0v) is 10.9. The number of aliphatic hydroxyl groups excluding tert-OH is 2. The van der Waals surface area contributed by atoms with E-state index in [9.17, 15) is 13.2 Å². The molecule has 0 aliphatic rings. The minimum absolute atomic E-state index is 0.0678. The number of sulfonamides is 1. The van der Waals surface area contributed by atoms with Crippen molar-refractivity contribution >= 4 is 15.9 Å². The monoisotopic (exact) mass is 288 g/mol. The van der Waals surface area contributed by atoms with Crippen molar-refractivity contribution in [2.24, 2.45) is 0 Å². The molecule has 0 fully saturated rings. The maximum Gasteiger partial charge on any atom is 0.241 e. The molecule has 1 rings (SSSR count). The van der Waals surface area contributed by atoms with Crippen molar-refractivity contribution in [3.05, 3.63) is 30.3 Å². The molecular weight excluding hydrogens is 272 g/mol. The molecule has 1 aromatic carbocycles. The summed E-state index contributed by atoms with van der Waals surface area (Å²) in [6, 6.07) is 7.66. The lowest BCUT2D eigenvalue weighted by Crippen LogP contribution is -2.40. The van der Waals surface area contributed by atoms with Crippen molar-refractivity contribution in [1.29, 1.82) is 0 Å². The minimum atomic E-state index is -3.72. The second-order valence-electron chi connectivity index (χ2n) is 3.78. The molecule has 0 aliphatic heterocycles. The van der Waals surface area contributed by atoms with Gasteiger partial charge in [-0.15, -0.1) is 0 Å². The highest BCUT2D eigenvalue weighted by Crippen LogP contribution is 2.06. The predicted molar refractivity (Wildman–Crippen MR) is 67.7 cm³/mol. The van der Waals surface area contributed by atoms with E-state index < -0.39 is 35.2 Å². The zero-order chi connectivity index (χ0) is 14.3. The van der Waals surface area contributed by atoms with Gasteiger partial charge in [0.05, 0.1) is 24.2 Å². The van der Waals surface area contributed by atoms with Gasteiger partial charge in [0.2, 0.25) is 15.9 Å². The van der Waals surface area contributed by atoms with Gasteiger partial charge >= 0.3 is 0 Å². The summed E-state index contributed by atoms with van der Waals surface area (Å²) in [6.45, 7) is -1.05. The molecule has 1 atom stereocenters. The number of benzene rings is 1. The highest BCUT2D eigenvalue weighted by Gasteiger charge is 2.15. The molecular formula is C11H16N2O5S. The highest BCUT2D eigenvalue weighted by atomic mass is 32.2. The van der Waals surface area contributed by atoms with Crippen LogP contribution in [0, 0.1) is 0 Å². The van der Waals surface area contributed by atoms with E-state index in [4.69, 9.17) is 10.2 Å². The number of hydrogen-bond acceptors (Lipinski definition) is 5. The van der Waals surface area contributed by atoms with Gasteiger partial charge in [0.15, 0.2) is 0 Å². The van der Waals surface area contributed by atoms with Crippen molar-refractivity contribution in [2.75, 3.05) is 19.7 Å². The van der Waals surface area contributed by atoms with Crippen LogP contribution in [0.15, 0.2) is 35.2 Å². The number of amides is 1. The van der Waals surface area contributed by atoms with E-state index in [0.29, 0.717) is 0 Å². The summed E-state index contributed by atoms with van der Waals surface area (Å²) in [5, 5.41) is 19.8. The molecule has 0 spiro atoms. The number of hydrogen-bond donors (Lipinski definition) is 4. The summed E-state index contributed by atoms with van der Waals surface area (Å²) in [6.07, 6.45) is -1.06. The summed E-state index contributed by atoms with van der Waals surface area (Å²) in [4.78, 5) is 11.4. The van der Waals surface area contributed by atoms with Gasteiger partial charge in [-0.05, 0) is 12.1 Å². The summed E-state index contributed by atoms with van der Waals surface area (Å²) in [5.74, 6) is -0.591. The molecule has 8 heteroatoms. The molecule has 1 aromatic rings. The SMILES string of the molecule is O=C(CNS(=O)(=O)c1ccccc1)NCC(O)CO. The van der Waals surface area contributed by atoms with Crippen LogP contribution in [0.2, 0.25) is 0 Å². The Hall–Kier alpha value is -1.48. The average Bonchev–Trinajstić information content (AvgIpc) is 2.43. The summed E-state index contributed by atoms with van der Waals surface area (Å²) in [5.41, 5.74) is 0. The van der Waals surface area contributed by atoms with Crippen LogP contribution in [0.25, 0.3) is 0 Å². The molecule has 4 N–H and O–H groups in total. The van der Waals surface area contributed by atoms with Gasteiger partial charge in [0.25, 0.3) is 0 Å². The van der Waals surface area contributed by atoms with Gasteiger partial charge in [0.1, 0.15) is 0 Å². The Kier molecular flexibility index (Phi) is 5.90. The van der Waals surface area contributed by atoms with E-state index in [-0.39, 0.29) is 11.4 Å². The molecule has 1 unspecified atom stereocenters.